The van der Waals surface area contributed by atoms with Crippen LogP contribution in [0, 0.1) is 0 Å². The van der Waals surface area contributed by atoms with Crippen LogP contribution in [-0.2, 0) is 9.53 Å². The number of aromatic carboxylic acids is 1. The van der Waals surface area contributed by atoms with Crippen LogP contribution in [0.3, 0.4) is 0 Å². The number of carboxylic acid groups (broad SMARTS) is 1. The normalized spacial score (nSPS) is 9.56. The van der Waals surface area contributed by atoms with Gasteiger partial charge in [0.1, 0.15) is 0 Å². The molecule has 0 amide bonds. The van der Waals surface area contributed by atoms with Gasteiger partial charge >= 0.3 is 41.5 Å². The number of hydrogen-bond donors (Lipinski definition) is 1. The smallest absolute Gasteiger partial charge is 1.00 e. The average molecular weight is 230 g/mol. The number of carboxylic acids is 1. The first-order valence-electron chi connectivity index (χ1n) is 4.23. The van der Waals surface area contributed by atoms with E-state index in [0.29, 0.717) is 0 Å². The Kier molecular flexibility index (Phi) is 6.72. The van der Waals surface area contributed by atoms with Gasteiger partial charge in [-0.05, 0) is 23.8 Å². The largest absolute Gasteiger partial charge is 1.00 e. The van der Waals surface area contributed by atoms with Crippen LogP contribution < -0.4 is 29.6 Å². The third-order valence-corrected chi connectivity index (χ3v) is 1.77. The monoisotopic (exact) mass is 230 g/mol. The summed E-state index contributed by atoms with van der Waals surface area (Å²) < 4.78 is 4.41. The number of carbonyl (C=O) groups is 2. The fourth-order valence-corrected chi connectivity index (χ4v) is 0.969. The minimum absolute atomic E-state index is 0. The van der Waals surface area contributed by atoms with E-state index >= 15 is 0 Å². The van der Waals surface area contributed by atoms with E-state index in [1.54, 1.807) is 18.2 Å². The van der Waals surface area contributed by atoms with Crippen molar-refractivity contribution in [3.05, 3.63) is 41.5 Å². The van der Waals surface area contributed by atoms with Gasteiger partial charge in [-0.3, -0.25) is 0 Å². The van der Waals surface area contributed by atoms with Gasteiger partial charge in [0.15, 0.2) is 0 Å². The summed E-state index contributed by atoms with van der Waals surface area (Å²) in [7, 11) is 1.29. The Morgan fingerprint density at radius 2 is 1.88 bits per heavy atom. The second-order valence-corrected chi connectivity index (χ2v) is 2.78. The molecular formula is C11H11NaO4. The predicted octanol–water partition coefficient (Wildman–Crippen LogP) is -1.31. The molecule has 1 aromatic rings. The zero-order valence-electron chi connectivity index (χ0n) is 10.1. The maximum atomic E-state index is 10.8. The van der Waals surface area contributed by atoms with Gasteiger partial charge in [0.2, 0.25) is 0 Å². The minimum Gasteiger partial charge on any atom is -1.00 e. The van der Waals surface area contributed by atoms with Gasteiger partial charge in [-0.1, -0.05) is 12.1 Å². The van der Waals surface area contributed by atoms with Gasteiger partial charge in [-0.2, -0.15) is 0 Å². The molecule has 1 rings (SSSR count). The third-order valence-electron chi connectivity index (χ3n) is 1.77. The molecule has 0 aliphatic heterocycles. The quantitative estimate of drug-likeness (QED) is 0.398. The first kappa shape index (κ1) is 14.9. The van der Waals surface area contributed by atoms with Gasteiger partial charge < -0.3 is 11.3 Å². The van der Waals surface area contributed by atoms with Crippen LogP contribution >= 0.6 is 0 Å². The Bertz CT molecular complexity index is 400. The fraction of sp³-hybridized carbons (Fsp3) is 0.0909. The standard InChI is InChI=1S/C11H10O4.Na.H/c1-15-10(12)7-4-8-2-5-9(6-3-8)11(13)14;;/h2-7H,1H3,(H,13,14);;/q;+1;-1. The molecule has 0 aromatic heterocycles. The molecule has 0 unspecified atom stereocenters. The van der Waals surface area contributed by atoms with E-state index in [2.05, 4.69) is 4.74 Å². The summed E-state index contributed by atoms with van der Waals surface area (Å²) in [5.41, 5.74) is 0.954. The van der Waals surface area contributed by atoms with Crippen molar-refractivity contribution in [2.45, 2.75) is 0 Å². The van der Waals surface area contributed by atoms with Gasteiger partial charge in [-0.25, -0.2) is 9.59 Å². The molecule has 0 radical (unpaired) electrons. The van der Waals surface area contributed by atoms with Gasteiger partial charge in [0.25, 0.3) is 0 Å². The van der Waals surface area contributed by atoms with Gasteiger partial charge in [0.05, 0.1) is 12.7 Å². The summed E-state index contributed by atoms with van der Waals surface area (Å²) in [5, 5.41) is 8.64. The summed E-state index contributed by atoms with van der Waals surface area (Å²) in [6.45, 7) is 0. The van der Waals surface area contributed by atoms with E-state index in [-0.39, 0.29) is 36.5 Å². The number of rotatable bonds is 3. The molecule has 0 saturated heterocycles. The first-order valence-corrected chi connectivity index (χ1v) is 4.23. The number of hydrogen-bond acceptors (Lipinski definition) is 3. The minimum atomic E-state index is -0.974. The Morgan fingerprint density at radius 1 is 1.31 bits per heavy atom. The summed E-state index contributed by atoms with van der Waals surface area (Å²) in [6.07, 6.45) is 2.83. The number of carbonyl (C=O) groups excluding carboxylic acids is 1. The van der Waals surface area contributed by atoms with Crippen molar-refractivity contribution < 1.29 is 50.4 Å². The maximum absolute atomic E-state index is 10.8. The molecule has 16 heavy (non-hydrogen) atoms. The molecule has 0 saturated carbocycles. The molecular weight excluding hydrogens is 219 g/mol. The zero-order chi connectivity index (χ0) is 11.3. The van der Waals surface area contributed by atoms with E-state index in [4.69, 9.17) is 5.11 Å². The Labute approximate surface area is 117 Å². The first-order chi connectivity index (χ1) is 7.13. The third kappa shape index (κ3) is 4.61. The van der Waals surface area contributed by atoms with Crippen molar-refractivity contribution in [3.8, 4) is 0 Å². The summed E-state index contributed by atoms with van der Waals surface area (Å²) in [6, 6.07) is 6.17. The molecule has 1 aromatic carbocycles. The summed E-state index contributed by atoms with van der Waals surface area (Å²) in [5.74, 6) is -1.42. The molecule has 0 atom stereocenters. The van der Waals surface area contributed by atoms with Gasteiger partial charge in [-0.15, -0.1) is 0 Å². The predicted molar refractivity (Wildman–Crippen MR) is 55.6 cm³/mol. The number of ether oxygens (including phenoxy) is 1. The molecule has 0 heterocycles. The van der Waals surface area contributed by atoms with E-state index < -0.39 is 11.9 Å². The topological polar surface area (TPSA) is 63.6 Å². The number of esters is 1. The van der Waals surface area contributed by atoms with E-state index in [1.807, 2.05) is 0 Å². The van der Waals surface area contributed by atoms with Crippen molar-refractivity contribution in [2.75, 3.05) is 7.11 Å². The van der Waals surface area contributed by atoms with Crippen LogP contribution in [0.15, 0.2) is 30.3 Å². The Morgan fingerprint density at radius 3 is 2.31 bits per heavy atom. The van der Waals surface area contributed by atoms with Crippen molar-refractivity contribution in [1.29, 1.82) is 0 Å². The summed E-state index contributed by atoms with van der Waals surface area (Å²) >= 11 is 0. The average Bonchev–Trinajstić information content (AvgIpc) is 2.26. The Balaban J connectivity index is 0. The zero-order valence-corrected chi connectivity index (χ0v) is 11.1. The molecule has 0 aliphatic rings. The molecule has 0 fully saturated rings. The Hall–Kier alpha value is -1.10. The molecule has 0 aliphatic carbocycles. The van der Waals surface area contributed by atoms with Crippen LogP contribution in [0.1, 0.15) is 17.3 Å². The molecule has 80 valence electrons. The fourth-order valence-electron chi connectivity index (χ4n) is 0.969. The molecule has 0 bridgehead atoms. The van der Waals surface area contributed by atoms with Crippen LogP contribution in [0.4, 0.5) is 0 Å². The number of benzene rings is 1. The van der Waals surface area contributed by atoms with Crippen LogP contribution in [0.5, 0.6) is 0 Å². The van der Waals surface area contributed by atoms with E-state index in [0.717, 1.165) is 5.56 Å². The van der Waals surface area contributed by atoms with Crippen molar-refractivity contribution in [3.63, 3.8) is 0 Å². The van der Waals surface area contributed by atoms with Crippen LogP contribution in [0.25, 0.3) is 6.08 Å². The summed E-state index contributed by atoms with van der Waals surface area (Å²) in [4.78, 5) is 21.3. The van der Waals surface area contributed by atoms with Crippen molar-refractivity contribution >= 4 is 18.0 Å². The number of methoxy groups -OCH3 is 1. The van der Waals surface area contributed by atoms with Gasteiger partial charge in [0, 0.05) is 6.08 Å². The van der Waals surface area contributed by atoms with Crippen molar-refractivity contribution in [1.82, 2.24) is 0 Å². The molecule has 1 N–H and O–H groups in total. The second-order valence-electron chi connectivity index (χ2n) is 2.78. The molecule has 5 heteroatoms. The van der Waals surface area contributed by atoms with Crippen LogP contribution in [0.2, 0.25) is 0 Å². The second kappa shape index (κ2) is 7.22. The molecule has 0 spiro atoms. The molecule has 4 nitrogen and oxygen atoms in total. The van der Waals surface area contributed by atoms with E-state index in [1.165, 1.54) is 25.3 Å². The van der Waals surface area contributed by atoms with Crippen molar-refractivity contribution in [2.24, 2.45) is 0 Å². The maximum Gasteiger partial charge on any atom is 1.00 e. The van der Waals surface area contributed by atoms with Crippen LogP contribution in [-0.4, -0.2) is 24.2 Å². The van der Waals surface area contributed by atoms with E-state index in [9.17, 15) is 9.59 Å². The SMILES string of the molecule is COC(=O)C=Cc1ccc(C(=O)O)cc1.[H-].[Na+].